The average molecular weight is 436 g/mol. The summed E-state index contributed by atoms with van der Waals surface area (Å²) in [4.78, 5) is 20.5. The normalized spacial score (nSPS) is 17.1. The van der Waals surface area contributed by atoms with Crippen LogP contribution in [0.25, 0.3) is 0 Å². The highest BCUT2D eigenvalue weighted by atomic mass is 16.2. The molecule has 1 unspecified atom stereocenters. The van der Waals surface area contributed by atoms with Gasteiger partial charge in [0, 0.05) is 52.4 Å². The summed E-state index contributed by atoms with van der Waals surface area (Å²) in [6.07, 6.45) is 3.99. The Morgan fingerprint density at radius 3 is 2.06 bits per heavy atom. The van der Waals surface area contributed by atoms with E-state index in [1.54, 1.807) is 26.0 Å². The summed E-state index contributed by atoms with van der Waals surface area (Å²) < 4.78 is 0. The third-order valence-corrected chi connectivity index (χ3v) is 6.10. The van der Waals surface area contributed by atoms with Crippen LogP contribution >= 0.6 is 0 Å². The summed E-state index contributed by atoms with van der Waals surface area (Å²) in [6, 6.07) is 17.2. The molecule has 2 aromatic carbocycles. The first-order valence-corrected chi connectivity index (χ1v) is 11.5. The molecule has 0 saturated carbocycles. The third-order valence-electron chi connectivity index (χ3n) is 6.10. The number of aliphatic imine (C=N–C) groups is 1. The highest BCUT2D eigenvalue weighted by Crippen LogP contribution is 2.19. The van der Waals surface area contributed by atoms with Gasteiger partial charge in [0.1, 0.15) is 0 Å². The largest absolute Gasteiger partial charge is 0.352 e. The van der Waals surface area contributed by atoms with Crippen molar-refractivity contribution in [3.05, 3.63) is 70.8 Å². The predicted octanol–water partition coefficient (Wildman–Crippen LogP) is 3.63. The van der Waals surface area contributed by atoms with Crippen molar-refractivity contribution in [1.29, 1.82) is 0 Å². The minimum atomic E-state index is 0.0124. The number of amides is 1. The van der Waals surface area contributed by atoms with Crippen LogP contribution < -0.4 is 10.6 Å². The van der Waals surface area contributed by atoms with Crippen LogP contribution in [0.1, 0.15) is 53.2 Å². The summed E-state index contributed by atoms with van der Waals surface area (Å²) in [5.41, 5.74) is 4.40. The van der Waals surface area contributed by atoms with Crippen LogP contribution in [0.5, 0.6) is 0 Å². The van der Waals surface area contributed by atoms with Gasteiger partial charge in [-0.15, -0.1) is 0 Å². The summed E-state index contributed by atoms with van der Waals surface area (Å²) in [5, 5.41) is 6.71. The van der Waals surface area contributed by atoms with E-state index < -0.39 is 0 Å². The Balaban J connectivity index is 1.45. The lowest BCUT2D eigenvalue weighted by Crippen LogP contribution is -2.37. The van der Waals surface area contributed by atoms with Crippen LogP contribution in [0.3, 0.4) is 0 Å². The van der Waals surface area contributed by atoms with Crippen molar-refractivity contribution >= 4 is 11.9 Å². The standard InChI is InChI=1S/C26H37N5O/c1-20-7-5-6-16-31(20)19-23-10-8-21(9-11-23)17-28-26(27-2)29-18-22-12-14-24(15-13-22)25(32)30(3)4/h8-15,20H,5-7,16-19H2,1-4H3,(H2,27,28,29). The SMILES string of the molecule is CN=C(NCc1ccc(CN2CCCCC2C)cc1)NCc1ccc(C(=O)N(C)C)cc1. The highest BCUT2D eigenvalue weighted by Gasteiger charge is 2.17. The zero-order valence-corrected chi connectivity index (χ0v) is 19.9. The van der Waals surface area contributed by atoms with Crippen LogP contribution in [0, 0.1) is 0 Å². The Morgan fingerprint density at radius 1 is 0.969 bits per heavy atom. The van der Waals surface area contributed by atoms with Crippen LogP contribution in [-0.2, 0) is 19.6 Å². The molecule has 1 aliphatic rings. The Hall–Kier alpha value is -2.86. The van der Waals surface area contributed by atoms with Crippen LogP contribution in [0.4, 0.5) is 0 Å². The van der Waals surface area contributed by atoms with E-state index in [-0.39, 0.29) is 5.91 Å². The quantitative estimate of drug-likeness (QED) is 0.515. The first-order valence-electron chi connectivity index (χ1n) is 11.5. The Kier molecular flexibility index (Phi) is 8.68. The number of hydrogen-bond donors (Lipinski definition) is 2. The molecule has 3 rings (SSSR count). The van der Waals surface area contributed by atoms with Crippen molar-refractivity contribution in [2.75, 3.05) is 27.7 Å². The van der Waals surface area contributed by atoms with Crippen molar-refractivity contribution in [2.24, 2.45) is 4.99 Å². The number of nitrogens with zero attached hydrogens (tertiary/aromatic N) is 3. The van der Waals surface area contributed by atoms with Crippen LogP contribution in [-0.4, -0.2) is 55.4 Å². The van der Waals surface area contributed by atoms with E-state index in [2.05, 4.69) is 51.7 Å². The van der Waals surface area contributed by atoms with Crippen LogP contribution in [0.2, 0.25) is 0 Å². The molecule has 1 saturated heterocycles. The third kappa shape index (κ3) is 6.82. The fourth-order valence-electron chi connectivity index (χ4n) is 4.01. The summed E-state index contributed by atoms with van der Waals surface area (Å²) in [6.45, 7) is 5.95. The topological polar surface area (TPSA) is 60.0 Å². The molecule has 2 N–H and O–H groups in total. The van der Waals surface area contributed by atoms with Gasteiger partial charge in [-0.05, 0) is 55.1 Å². The van der Waals surface area contributed by atoms with Gasteiger partial charge >= 0.3 is 0 Å². The summed E-state index contributed by atoms with van der Waals surface area (Å²) in [7, 11) is 5.30. The molecule has 6 heteroatoms. The van der Waals surface area contributed by atoms with Gasteiger partial charge in [0.05, 0.1) is 0 Å². The van der Waals surface area contributed by atoms with E-state index in [9.17, 15) is 4.79 Å². The zero-order chi connectivity index (χ0) is 22.9. The zero-order valence-electron chi connectivity index (χ0n) is 19.9. The van der Waals surface area contributed by atoms with E-state index in [4.69, 9.17) is 0 Å². The summed E-state index contributed by atoms with van der Waals surface area (Å²) in [5.74, 6) is 0.767. The average Bonchev–Trinajstić information content (AvgIpc) is 2.81. The molecule has 0 aliphatic carbocycles. The molecule has 6 nitrogen and oxygen atoms in total. The molecule has 1 fully saturated rings. The molecule has 1 heterocycles. The number of likely N-dealkylation sites (tertiary alicyclic amines) is 1. The maximum absolute atomic E-state index is 12.0. The number of nitrogens with one attached hydrogen (secondary N) is 2. The molecular weight excluding hydrogens is 398 g/mol. The second kappa shape index (κ2) is 11.7. The lowest BCUT2D eigenvalue weighted by Gasteiger charge is -2.33. The lowest BCUT2D eigenvalue weighted by atomic mass is 10.0. The monoisotopic (exact) mass is 435 g/mol. The van der Waals surface area contributed by atoms with Gasteiger partial charge in [-0.2, -0.15) is 0 Å². The second-order valence-corrected chi connectivity index (χ2v) is 8.81. The van der Waals surface area contributed by atoms with E-state index in [0.29, 0.717) is 18.2 Å². The van der Waals surface area contributed by atoms with Crippen molar-refractivity contribution in [2.45, 2.75) is 51.9 Å². The molecule has 172 valence electrons. The number of hydrogen-bond acceptors (Lipinski definition) is 3. The van der Waals surface area contributed by atoms with Gasteiger partial charge in [-0.3, -0.25) is 14.7 Å². The minimum Gasteiger partial charge on any atom is -0.352 e. The first kappa shape index (κ1) is 23.8. The molecule has 1 amide bonds. The van der Waals surface area contributed by atoms with Crippen LogP contribution in [0.15, 0.2) is 53.5 Å². The fourth-order valence-corrected chi connectivity index (χ4v) is 4.01. The van der Waals surface area contributed by atoms with E-state index >= 15 is 0 Å². The van der Waals surface area contributed by atoms with Gasteiger partial charge in [-0.25, -0.2) is 0 Å². The smallest absolute Gasteiger partial charge is 0.253 e. The summed E-state index contributed by atoms with van der Waals surface area (Å²) >= 11 is 0. The van der Waals surface area contributed by atoms with Gasteiger partial charge in [0.25, 0.3) is 5.91 Å². The van der Waals surface area contributed by atoms with Crippen molar-refractivity contribution in [3.8, 4) is 0 Å². The molecule has 0 aromatic heterocycles. The number of carbonyl (C=O) groups excluding carboxylic acids is 1. The van der Waals surface area contributed by atoms with Gasteiger partial charge < -0.3 is 15.5 Å². The fraction of sp³-hybridized carbons (Fsp3) is 0.462. The first-order chi connectivity index (χ1) is 15.5. The van der Waals surface area contributed by atoms with Crippen molar-refractivity contribution in [1.82, 2.24) is 20.4 Å². The van der Waals surface area contributed by atoms with Gasteiger partial charge in [0.15, 0.2) is 5.96 Å². The van der Waals surface area contributed by atoms with Crippen molar-refractivity contribution in [3.63, 3.8) is 0 Å². The minimum absolute atomic E-state index is 0.0124. The number of piperidine rings is 1. The maximum atomic E-state index is 12.0. The predicted molar refractivity (Wildman–Crippen MR) is 132 cm³/mol. The van der Waals surface area contributed by atoms with Gasteiger partial charge in [-0.1, -0.05) is 42.8 Å². The Labute approximate surface area is 192 Å². The van der Waals surface area contributed by atoms with E-state index in [1.165, 1.54) is 36.9 Å². The highest BCUT2D eigenvalue weighted by molar-refractivity contribution is 5.93. The molecule has 0 radical (unpaired) electrons. The Bertz CT molecular complexity index is 889. The number of rotatable bonds is 7. The molecule has 1 atom stereocenters. The maximum Gasteiger partial charge on any atom is 0.253 e. The molecule has 0 spiro atoms. The molecular formula is C26H37N5O. The second-order valence-electron chi connectivity index (χ2n) is 8.81. The molecule has 2 aromatic rings. The van der Waals surface area contributed by atoms with Crippen molar-refractivity contribution < 1.29 is 4.79 Å². The molecule has 1 aliphatic heterocycles. The van der Waals surface area contributed by atoms with Gasteiger partial charge in [0.2, 0.25) is 0 Å². The lowest BCUT2D eigenvalue weighted by molar-refractivity contribution is 0.0827. The van der Waals surface area contributed by atoms with E-state index in [0.717, 1.165) is 24.6 Å². The Morgan fingerprint density at radius 2 is 1.53 bits per heavy atom. The number of guanidine groups is 1. The number of carbonyl (C=O) groups is 1. The molecule has 0 bridgehead atoms. The van der Waals surface area contributed by atoms with E-state index in [1.807, 2.05) is 24.3 Å². The number of benzene rings is 2. The molecule has 32 heavy (non-hydrogen) atoms.